The molecule has 0 unspecified atom stereocenters. The van der Waals surface area contributed by atoms with Crippen LogP contribution in [0.2, 0.25) is 0 Å². The van der Waals surface area contributed by atoms with Crippen LogP contribution in [-0.2, 0) is 16.0 Å². The lowest BCUT2D eigenvalue weighted by atomic mass is 10.1. The summed E-state index contributed by atoms with van der Waals surface area (Å²) in [4.78, 5) is 30.0. The van der Waals surface area contributed by atoms with Crippen LogP contribution in [0.15, 0.2) is 58.4 Å². The number of likely N-dealkylation sites (N-methyl/N-ethyl adjacent to an activating group) is 1. The predicted molar refractivity (Wildman–Crippen MR) is 111 cm³/mol. The summed E-state index contributed by atoms with van der Waals surface area (Å²) in [6.07, 6.45) is 2.62. The van der Waals surface area contributed by atoms with E-state index in [1.54, 1.807) is 31.3 Å². The number of amides is 1. The lowest BCUT2D eigenvalue weighted by Gasteiger charge is -2.08. The smallest absolute Gasteiger partial charge is 0.341 e. The lowest BCUT2D eigenvalue weighted by molar-refractivity contribution is -0.139. The molecule has 1 amide bonds. The molecule has 0 spiro atoms. The summed E-state index contributed by atoms with van der Waals surface area (Å²) in [5, 5.41) is 9.34. The highest BCUT2D eigenvalue weighted by molar-refractivity contribution is 8.18. The fourth-order valence-corrected chi connectivity index (χ4v) is 3.64. The number of aliphatic carboxylic acids is 1. The van der Waals surface area contributed by atoms with E-state index in [1.165, 1.54) is 16.7 Å². The zero-order valence-electron chi connectivity index (χ0n) is 15.6. The Hall–Kier alpha value is -3.06. The van der Waals surface area contributed by atoms with Crippen molar-refractivity contribution in [1.82, 2.24) is 4.90 Å². The van der Waals surface area contributed by atoms with Gasteiger partial charge in [0.1, 0.15) is 5.75 Å². The number of carboxylic acids is 1. The number of ether oxygens (including phenoxy) is 1. The molecule has 0 radical (unpaired) electrons. The Bertz CT molecular complexity index is 968. The van der Waals surface area contributed by atoms with Crippen molar-refractivity contribution in [2.75, 3.05) is 13.7 Å². The van der Waals surface area contributed by atoms with E-state index in [0.717, 1.165) is 23.2 Å². The largest absolute Gasteiger partial charge is 0.482 e. The average Bonchev–Trinajstić information content (AvgIpc) is 2.95. The van der Waals surface area contributed by atoms with E-state index < -0.39 is 12.6 Å². The van der Waals surface area contributed by atoms with Crippen molar-refractivity contribution >= 4 is 40.6 Å². The Labute approximate surface area is 167 Å². The number of carboxylic acid groups (broad SMARTS) is 1. The van der Waals surface area contributed by atoms with Crippen molar-refractivity contribution in [2.45, 2.75) is 13.3 Å². The molecular weight excluding hydrogens is 376 g/mol. The SMILES string of the molecule is CCc1ccccc1N=C1S/C(=C/c2cccc(OCC(=O)O)c2)C(=O)N1C. The van der Waals surface area contributed by atoms with Gasteiger partial charge in [-0.25, -0.2) is 9.79 Å². The first-order chi connectivity index (χ1) is 13.5. The molecule has 7 heteroatoms. The van der Waals surface area contributed by atoms with Crippen molar-refractivity contribution in [2.24, 2.45) is 4.99 Å². The van der Waals surface area contributed by atoms with E-state index in [9.17, 15) is 9.59 Å². The van der Waals surface area contributed by atoms with Gasteiger partial charge in [0.2, 0.25) is 0 Å². The van der Waals surface area contributed by atoms with Gasteiger partial charge in [0.15, 0.2) is 11.8 Å². The number of rotatable bonds is 6. The van der Waals surface area contributed by atoms with Crippen molar-refractivity contribution in [3.63, 3.8) is 0 Å². The molecule has 1 aliphatic heterocycles. The number of aryl methyl sites for hydroxylation is 1. The molecule has 6 nitrogen and oxygen atoms in total. The molecule has 0 aliphatic carbocycles. The number of hydrogen-bond acceptors (Lipinski definition) is 5. The van der Waals surface area contributed by atoms with Gasteiger partial charge >= 0.3 is 5.97 Å². The first-order valence-corrected chi connectivity index (χ1v) is 9.58. The van der Waals surface area contributed by atoms with Gasteiger partial charge in [-0.2, -0.15) is 0 Å². The Balaban J connectivity index is 1.84. The minimum Gasteiger partial charge on any atom is -0.482 e. The molecule has 1 aliphatic rings. The van der Waals surface area contributed by atoms with E-state index in [1.807, 2.05) is 30.3 Å². The molecule has 28 heavy (non-hydrogen) atoms. The second-order valence-corrected chi connectivity index (χ2v) is 7.12. The van der Waals surface area contributed by atoms with Gasteiger partial charge < -0.3 is 9.84 Å². The van der Waals surface area contributed by atoms with Crippen LogP contribution in [0.25, 0.3) is 6.08 Å². The zero-order chi connectivity index (χ0) is 20.1. The fourth-order valence-electron chi connectivity index (χ4n) is 2.66. The number of hydrogen-bond donors (Lipinski definition) is 1. The Morgan fingerprint density at radius 1 is 1.25 bits per heavy atom. The topological polar surface area (TPSA) is 79.2 Å². The van der Waals surface area contributed by atoms with Crippen molar-refractivity contribution < 1.29 is 19.4 Å². The monoisotopic (exact) mass is 396 g/mol. The van der Waals surface area contributed by atoms with Crippen LogP contribution >= 0.6 is 11.8 Å². The normalized spacial score (nSPS) is 16.8. The second kappa shape index (κ2) is 8.75. The number of aliphatic imine (C=N–C) groups is 1. The van der Waals surface area contributed by atoms with E-state index in [4.69, 9.17) is 9.84 Å². The van der Waals surface area contributed by atoms with Gasteiger partial charge in [0.25, 0.3) is 5.91 Å². The van der Waals surface area contributed by atoms with Crippen molar-refractivity contribution in [3.05, 3.63) is 64.6 Å². The first kappa shape index (κ1) is 19.7. The minimum atomic E-state index is -1.04. The molecule has 0 saturated carbocycles. The van der Waals surface area contributed by atoms with Crippen LogP contribution in [0, 0.1) is 0 Å². The van der Waals surface area contributed by atoms with Crippen LogP contribution in [0.1, 0.15) is 18.1 Å². The number of benzene rings is 2. The minimum absolute atomic E-state index is 0.130. The quantitative estimate of drug-likeness (QED) is 0.748. The summed E-state index contributed by atoms with van der Waals surface area (Å²) in [6, 6.07) is 14.8. The van der Waals surface area contributed by atoms with Crippen LogP contribution < -0.4 is 4.74 Å². The van der Waals surface area contributed by atoms with Gasteiger partial charge in [0.05, 0.1) is 10.6 Å². The summed E-state index contributed by atoms with van der Waals surface area (Å²) >= 11 is 1.31. The van der Waals surface area contributed by atoms with Gasteiger partial charge in [-0.3, -0.25) is 9.69 Å². The molecule has 1 N–H and O–H groups in total. The molecule has 1 fully saturated rings. The molecular formula is C21H20N2O4S. The third-order valence-electron chi connectivity index (χ3n) is 4.11. The van der Waals surface area contributed by atoms with E-state index in [-0.39, 0.29) is 5.91 Å². The highest BCUT2D eigenvalue weighted by Crippen LogP contribution is 2.34. The molecule has 0 aromatic heterocycles. The van der Waals surface area contributed by atoms with Crippen LogP contribution in [0.4, 0.5) is 5.69 Å². The molecule has 1 saturated heterocycles. The van der Waals surface area contributed by atoms with Gasteiger partial charge in [0, 0.05) is 7.05 Å². The summed E-state index contributed by atoms with van der Waals surface area (Å²) in [5.41, 5.74) is 2.73. The summed E-state index contributed by atoms with van der Waals surface area (Å²) in [6.45, 7) is 1.66. The highest BCUT2D eigenvalue weighted by Gasteiger charge is 2.30. The van der Waals surface area contributed by atoms with Gasteiger partial charge in [-0.05, 0) is 53.6 Å². The number of para-hydroxylation sites is 1. The average molecular weight is 396 g/mol. The molecule has 0 bridgehead atoms. The predicted octanol–water partition coefficient (Wildman–Crippen LogP) is 3.95. The van der Waals surface area contributed by atoms with Gasteiger partial charge in [-0.1, -0.05) is 37.3 Å². The number of carbonyl (C=O) groups excluding carboxylic acids is 1. The standard InChI is InChI=1S/C21H20N2O4S/c1-3-15-8-4-5-10-17(15)22-21-23(2)20(26)18(28-21)12-14-7-6-9-16(11-14)27-13-19(24)25/h4-12H,3,13H2,1-2H3,(H,24,25)/b18-12+,22-21?. The maximum absolute atomic E-state index is 12.6. The molecule has 144 valence electrons. The number of amidine groups is 1. The van der Waals surface area contributed by atoms with Gasteiger partial charge in [-0.15, -0.1) is 0 Å². The number of nitrogens with zero attached hydrogens (tertiary/aromatic N) is 2. The molecule has 0 atom stereocenters. The third kappa shape index (κ3) is 4.61. The van der Waals surface area contributed by atoms with Crippen LogP contribution in [0.5, 0.6) is 5.75 Å². The Morgan fingerprint density at radius 3 is 2.79 bits per heavy atom. The first-order valence-electron chi connectivity index (χ1n) is 8.76. The molecule has 3 rings (SSSR count). The molecule has 1 heterocycles. The van der Waals surface area contributed by atoms with Crippen molar-refractivity contribution in [3.8, 4) is 5.75 Å². The van der Waals surface area contributed by atoms with Crippen molar-refractivity contribution in [1.29, 1.82) is 0 Å². The molecule has 2 aromatic carbocycles. The Kier molecular flexibility index (Phi) is 6.16. The van der Waals surface area contributed by atoms with E-state index in [2.05, 4.69) is 11.9 Å². The summed E-state index contributed by atoms with van der Waals surface area (Å²) < 4.78 is 5.19. The third-order valence-corrected chi connectivity index (χ3v) is 5.17. The number of carbonyl (C=O) groups is 2. The number of thioether (sulfide) groups is 1. The maximum atomic E-state index is 12.6. The lowest BCUT2D eigenvalue weighted by Crippen LogP contribution is -2.23. The van der Waals surface area contributed by atoms with E-state index >= 15 is 0 Å². The van der Waals surface area contributed by atoms with E-state index in [0.29, 0.717) is 15.8 Å². The van der Waals surface area contributed by atoms with Crippen LogP contribution in [0.3, 0.4) is 0 Å². The maximum Gasteiger partial charge on any atom is 0.341 e. The summed E-state index contributed by atoms with van der Waals surface area (Å²) in [7, 11) is 1.70. The Morgan fingerprint density at radius 2 is 2.04 bits per heavy atom. The summed E-state index contributed by atoms with van der Waals surface area (Å²) in [5.74, 6) is -0.735. The fraction of sp³-hybridized carbons (Fsp3) is 0.190. The zero-order valence-corrected chi connectivity index (χ0v) is 16.4. The highest BCUT2D eigenvalue weighted by atomic mass is 32.2. The second-order valence-electron chi connectivity index (χ2n) is 6.11. The molecule has 2 aromatic rings. The van der Waals surface area contributed by atoms with Crippen LogP contribution in [-0.4, -0.2) is 40.7 Å².